The zero-order chi connectivity index (χ0) is 16.2. The first kappa shape index (κ1) is 15.5. The van der Waals surface area contributed by atoms with E-state index in [1.54, 1.807) is 12.3 Å². The van der Waals surface area contributed by atoms with Crippen LogP contribution in [0.25, 0.3) is 0 Å². The van der Waals surface area contributed by atoms with E-state index in [0.717, 1.165) is 16.9 Å². The van der Waals surface area contributed by atoms with Crippen LogP contribution in [0.2, 0.25) is 0 Å². The highest BCUT2D eigenvalue weighted by Crippen LogP contribution is 2.22. The summed E-state index contributed by atoms with van der Waals surface area (Å²) in [5.41, 5.74) is 4.48. The number of anilines is 2. The van der Waals surface area contributed by atoms with E-state index in [-0.39, 0.29) is 5.91 Å². The lowest BCUT2D eigenvalue weighted by Crippen LogP contribution is -2.16. The van der Waals surface area contributed by atoms with E-state index in [1.165, 1.54) is 31.2 Å². The second kappa shape index (κ2) is 6.82. The molecule has 1 aromatic carbocycles. The molecule has 4 nitrogen and oxygen atoms in total. The lowest BCUT2D eigenvalue weighted by molar-refractivity contribution is 0.102. The molecule has 0 saturated heterocycles. The molecular weight excluding hydrogens is 286 g/mol. The van der Waals surface area contributed by atoms with Gasteiger partial charge in [-0.3, -0.25) is 4.79 Å². The number of rotatable bonds is 4. The van der Waals surface area contributed by atoms with Crippen LogP contribution >= 0.6 is 0 Å². The highest BCUT2D eigenvalue weighted by Gasteiger charge is 2.15. The van der Waals surface area contributed by atoms with Gasteiger partial charge in [-0.1, -0.05) is 30.5 Å². The average Bonchev–Trinajstić information content (AvgIpc) is 3.04. The van der Waals surface area contributed by atoms with Crippen molar-refractivity contribution in [2.24, 2.45) is 0 Å². The standard InChI is InChI=1S/C19H23N3O/c1-13-7-9-17(14(2)11-13)22-19(23)18-10-8-16(12-20-18)21-15-5-3-4-6-15/h7-12,15,21H,3-6H2,1-2H3,(H,22,23). The van der Waals surface area contributed by atoms with Gasteiger partial charge in [0.15, 0.2) is 0 Å². The number of hydrogen-bond acceptors (Lipinski definition) is 3. The monoisotopic (exact) mass is 309 g/mol. The van der Waals surface area contributed by atoms with E-state index in [2.05, 4.69) is 21.7 Å². The first-order valence-corrected chi connectivity index (χ1v) is 8.23. The molecule has 1 heterocycles. The normalized spacial score (nSPS) is 14.7. The van der Waals surface area contributed by atoms with Gasteiger partial charge >= 0.3 is 0 Å². The summed E-state index contributed by atoms with van der Waals surface area (Å²) >= 11 is 0. The van der Waals surface area contributed by atoms with Gasteiger partial charge < -0.3 is 10.6 Å². The molecule has 0 spiro atoms. The van der Waals surface area contributed by atoms with Crippen LogP contribution < -0.4 is 10.6 Å². The van der Waals surface area contributed by atoms with E-state index in [4.69, 9.17) is 0 Å². The molecule has 0 unspecified atom stereocenters. The number of carbonyl (C=O) groups excluding carboxylic acids is 1. The molecule has 0 atom stereocenters. The van der Waals surface area contributed by atoms with Crippen LogP contribution in [0.4, 0.5) is 11.4 Å². The van der Waals surface area contributed by atoms with E-state index in [9.17, 15) is 4.79 Å². The lowest BCUT2D eigenvalue weighted by Gasteiger charge is -2.13. The molecule has 4 heteroatoms. The van der Waals surface area contributed by atoms with Crippen LogP contribution in [-0.4, -0.2) is 16.9 Å². The van der Waals surface area contributed by atoms with E-state index in [1.807, 2.05) is 32.0 Å². The van der Waals surface area contributed by atoms with Crippen molar-refractivity contribution in [1.82, 2.24) is 4.98 Å². The van der Waals surface area contributed by atoms with Gasteiger partial charge in [0.1, 0.15) is 5.69 Å². The van der Waals surface area contributed by atoms with Crippen molar-refractivity contribution >= 4 is 17.3 Å². The third kappa shape index (κ3) is 3.89. The minimum absolute atomic E-state index is 0.177. The average molecular weight is 309 g/mol. The Morgan fingerprint density at radius 3 is 2.57 bits per heavy atom. The third-order valence-electron chi connectivity index (χ3n) is 4.35. The quantitative estimate of drug-likeness (QED) is 0.885. The molecular formula is C19H23N3O. The lowest BCUT2D eigenvalue weighted by atomic mass is 10.1. The second-order valence-electron chi connectivity index (χ2n) is 6.33. The van der Waals surface area contributed by atoms with E-state index in [0.29, 0.717) is 11.7 Å². The maximum atomic E-state index is 12.3. The summed E-state index contributed by atoms with van der Waals surface area (Å²) in [6, 6.07) is 10.2. The number of aromatic nitrogens is 1. The largest absolute Gasteiger partial charge is 0.381 e. The summed E-state index contributed by atoms with van der Waals surface area (Å²) in [6.45, 7) is 4.03. The molecule has 120 valence electrons. The first-order valence-electron chi connectivity index (χ1n) is 8.23. The Labute approximate surface area is 137 Å². The Hall–Kier alpha value is -2.36. The zero-order valence-corrected chi connectivity index (χ0v) is 13.7. The first-order chi connectivity index (χ1) is 11.1. The van der Waals surface area contributed by atoms with Crippen LogP contribution in [0.5, 0.6) is 0 Å². The van der Waals surface area contributed by atoms with Crippen molar-refractivity contribution in [2.75, 3.05) is 10.6 Å². The van der Waals surface area contributed by atoms with Gasteiger partial charge in [0.05, 0.1) is 11.9 Å². The number of amides is 1. The number of carbonyl (C=O) groups is 1. The molecule has 1 amide bonds. The molecule has 1 fully saturated rings. The SMILES string of the molecule is Cc1ccc(NC(=O)c2ccc(NC3CCCC3)cn2)c(C)c1. The highest BCUT2D eigenvalue weighted by molar-refractivity contribution is 6.03. The molecule has 2 N–H and O–H groups in total. The fourth-order valence-electron chi connectivity index (χ4n) is 3.06. The number of benzene rings is 1. The van der Waals surface area contributed by atoms with Crippen molar-refractivity contribution in [3.63, 3.8) is 0 Å². The van der Waals surface area contributed by atoms with Crippen LogP contribution in [0.15, 0.2) is 36.5 Å². The van der Waals surface area contributed by atoms with E-state index >= 15 is 0 Å². The number of nitrogens with zero attached hydrogens (tertiary/aromatic N) is 1. The van der Waals surface area contributed by atoms with Crippen molar-refractivity contribution in [3.05, 3.63) is 53.3 Å². The fraction of sp³-hybridized carbons (Fsp3) is 0.368. The number of aryl methyl sites for hydroxylation is 2. The molecule has 1 aliphatic rings. The maximum Gasteiger partial charge on any atom is 0.274 e. The Morgan fingerprint density at radius 2 is 1.91 bits per heavy atom. The fourth-order valence-corrected chi connectivity index (χ4v) is 3.06. The molecule has 1 aromatic heterocycles. The predicted molar refractivity (Wildman–Crippen MR) is 94.0 cm³/mol. The summed E-state index contributed by atoms with van der Waals surface area (Å²) in [4.78, 5) is 16.6. The second-order valence-corrected chi connectivity index (χ2v) is 6.33. The van der Waals surface area contributed by atoms with Crippen LogP contribution in [0, 0.1) is 13.8 Å². The number of pyridine rings is 1. The Bertz CT molecular complexity index is 688. The zero-order valence-electron chi connectivity index (χ0n) is 13.7. The smallest absolute Gasteiger partial charge is 0.274 e. The van der Waals surface area contributed by atoms with Gasteiger partial charge in [-0.25, -0.2) is 4.98 Å². The molecule has 1 aliphatic carbocycles. The van der Waals surface area contributed by atoms with Gasteiger partial charge in [-0.2, -0.15) is 0 Å². The van der Waals surface area contributed by atoms with Gasteiger partial charge in [0.2, 0.25) is 0 Å². The van der Waals surface area contributed by atoms with Crippen molar-refractivity contribution in [3.8, 4) is 0 Å². The predicted octanol–water partition coefficient (Wildman–Crippen LogP) is 4.31. The van der Waals surface area contributed by atoms with Crippen LogP contribution in [-0.2, 0) is 0 Å². The summed E-state index contributed by atoms with van der Waals surface area (Å²) in [6.07, 6.45) is 6.77. The molecule has 3 rings (SSSR count). The van der Waals surface area contributed by atoms with Gasteiger partial charge in [-0.15, -0.1) is 0 Å². The molecule has 0 radical (unpaired) electrons. The molecule has 23 heavy (non-hydrogen) atoms. The summed E-state index contributed by atoms with van der Waals surface area (Å²) in [5.74, 6) is -0.177. The maximum absolute atomic E-state index is 12.3. The van der Waals surface area contributed by atoms with Gasteiger partial charge in [-0.05, 0) is 50.5 Å². The minimum atomic E-state index is -0.177. The Balaban J connectivity index is 1.65. The molecule has 0 aliphatic heterocycles. The topological polar surface area (TPSA) is 54.0 Å². The van der Waals surface area contributed by atoms with Crippen LogP contribution in [0.1, 0.15) is 47.3 Å². The summed E-state index contributed by atoms with van der Waals surface area (Å²) in [5, 5.41) is 6.40. The third-order valence-corrected chi connectivity index (χ3v) is 4.35. The number of nitrogens with one attached hydrogen (secondary N) is 2. The molecule has 1 saturated carbocycles. The summed E-state index contributed by atoms with van der Waals surface area (Å²) in [7, 11) is 0. The Morgan fingerprint density at radius 1 is 1.13 bits per heavy atom. The van der Waals surface area contributed by atoms with Crippen molar-refractivity contribution in [2.45, 2.75) is 45.6 Å². The minimum Gasteiger partial charge on any atom is -0.381 e. The van der Waals surface area contributed by atoms with Crippen LogP contribution in [0.3, 0.4) is 0 Å². The Kier molecular flexibility index (Phi) is 4.60. The molecule has 0 bridgehead atoms. The summed E-state index contributed by atoms with van der Waals surface area (Å²) < 4.78 is 0. The van der Waals surface area contributed by atoms with E-state index < -0.39 is 0 Å². The van der Waals surface area contributed by atoms with Gasteiger partial charge in [0.25, 0.3) is 5.91 Å². The van der Waals surface area contributed by atoms with Crippen molar-refractivity contribution < 1.29 is 4.79 Å². The highest BCUT2D eigenvalue weighted by atomic mass is 16.1. The van der Waals surface area contributed by atoms with Crippen molar-refractivity contribution in [1.29, 1.82) is 0 Å². The molecule has 2 aromatic rings. The number of hydrogen-bond donors (Lipinski definition) is 2. The van der Waals surface area contributed by atoms with Gasteiger partial charge in [0, 0.05) is 11.7 Å².